The number of nitrogens with zero attached hydrogens (tertiary/aromatic N) is 2. The lowest BCUT2D eigenvalue weighted by molar-refractivity contribution is -0.154. The molecule has 0 radical (unpaired) electrons. The zero-order valence-electron chi connectivity index (χ0n) is 17.4. The SMILES string of the molecule is CCOC(=O)C1C2COc3ccc(Br)cc3C2N2C(=O)N(c3cccc(F)c3)C(=O)[C@@]12C. The Balaban J connectivity index is 1.70. The predicted molar refractivity (Wildman–Crippen MR) is 116 cm³/mol. The van der Waals surface area contributed by atoms with Gasteiger partial charge >= 0.3 is 12.0 Å². The zero-order chi connectivity index (χ0) is 22.8. The Morgan fingerprint density at radius 3 is 2.78 bits per heavy atom. The quantitative estimate of drug-likeness (QED) is 0.467. The van der Waals surface area contributed by atoms with Gasteiger partial charge in [0.2, 0.25) is 0 Å². The smallest absolute Gasteiger partial charge is 0.332 e. The average Bonchev–Trinajstić information content (AvgIpc) is 3.13. The van der Waals surface area contributed by atoms with Crippen LogP contribution in [0.5, 0.6) is 5.75 Å². The number of halogens is 2. The van der Waals surface area contributed by atoms with Gasteiger partial charge in [-0.15, -0.1) is 0 Å². The first-order chi connectivity index (χ1) is 15.3. The molecule has 0 aromatic heterocycles. The van der Waals surface area contributed by atoms with Crippen molar-refractivity contribution in [2.45, 2.75) is 25.4 Å². The Hall–Kier alpha value is -2.94. The van der Waals surface area contributed by atoms with Crippen LogP contribution in [0.3, 0.4) is 0 Å². The highest BCUT2D eigenvalue weighted by molar-refractivity contribution is 9.10. The van der Waals surface area contributed by atoms with Crippen molar-refractivity contribution in [3.8, 4) is 5.75 Å². The number of urea groups is 1. The Labute approximate surface area is 192 Å². The number of anilines is 1. The third-order valence-corrected chi connectivity index (χ3v) is 7.07. The number of benzene rings is 2. The number of carbonyl (C=O) groups is 3. The van der Waals surface area contributed by atoms with Crippen LogP contribution >= 0.6 is 15.9 Å². The summed E-state index contributed by atoms with van der Waals surface area (Å²) in [6.45, 7) is 3.58. The number of fused-ring (bicyclic) bond motifs is 5. The molecule has 3 heterocycles. The normalized spacial score (nSPS) is 28.2. The maximum Gasteiger partial charge on any atom is 0.332 e. The van der Waals surface area contributed by atoms with Gasteiger partial charge in [-0.3, -0.25) is 9.59 Å². The minimum absolute atomic E-state index is 0.122. The minimum Gasteiger partial charge on any atom is -0.493 e. The van der Waals surface area contributed by atoms with Crippen molar-refractivity contribution < 1.29 is 28.2 Å². The number of carbonyl (C=O) groups excluding carboxylic acids is 3. The fourth-order valence-electron chi connectivity index (χ4n) is 5.31. The molecule has 2 aromatic rings. The third kappa shape index (κ3) is 2.73. The van der Waals surface area contributed by atoms with Crippen molar-refractivity contribution in [2.24, 2.45) is 11.8 Å². The van der Waals surface area contributed by atoms with Gasteiger partial charge in [0, 0.05) is 16.0 Å². The van der Waals surface area contributed by atoms with Crippen LogP contribution in [0.2, 0.25) is 0 Å². The van der Waals surface area contributed by atoms with E-state index in [9.17, 15) is 18.8 Å². The van der Waals surface area contributed by atoms with Gasteiger partial charge < -0.3 is 14.4 Å². The van der Waals surface area contributed by atoms with Crippen molar-refractivity contribution in [3.63, 3.8) is 0 Å². The molecule has 166 valence electrons. The molecule has 3 aliphatic rings. The molecule has 2 saturated heterocycles. The molecule has 0 bridgehead atoms. The third-order valence-electron chi connectivity index (χ3n) is 6.58. The largest absolute Gasteiger partial charge is 0.493 e. The molecular formula is C23H20BrFN2O5. The first kappa shape index (κ1) is 20.9. The number of hydrogen-bond donors (Lipinski definition) is 0. The first-order valence-corrected chi connectivity index (χ1v) is 11.1. The summed E-state index contributed by atoms with van der Waals surface area (Å²) >= 11 is 3.46. The maximum atomic E-state index is 13.9. The zero-order valence-corrected chi connectivity index (χ0v) is 19.0. The van der Waals surface area contributed by atoms with E-state index in [-0.39, 0.29) is 18.9 Å². The molecule has 7 nitrogen and oxygen atoms in total. The lowest BCUT2D eigenvalue weighted by Gasteiger charge is -2.34. The lowest BCUT2D eigenvalue weighted by Crippen LogP contribution is -2.51. The van der Waals surface area contributed by atoms with E-state index in [1.807, 2.05) is 12.1 Å². The maximum absolute atomic E-state index is 13.9. The Morgan fingerprint density at radius 1 is 1.28 bits per heavy atom. The molecule has 0 aliphatic carbocycles. The number of ether oxygens (including phenoxy) is 2. The Morgan fingerprint density at radius 2 is 2.06 bits per heavy atom. The van der Waals surface area contributed by atoms with E-state index in [0.29, 0.717) is 11.3 Å². The number of amides is 3. The van der Waals surface area contributed by atoms with Crippen molar-refractivity contribution in [3.05, 3.63) is 58.3 Å². The van der Waals surface area contributed by atoms with Gasteiger partial charge in [0.25, 0.3) is 5.91 Å². The molecule has 3 amide bonds. The number of rotatable bonds is 3. The van der Waals surface area contributed by atoms with E-state index < -0.39 is 47.1 Å². The number of esters is 1. The fourth-order valence-corrected chi connectivity index (χ4v) is 5.69. The van der Waals surface area contributed by atoms with Crippen molar-refractivity contribution in [1.29, 1.82) is 0 Å². The Kier molecular flexibility index (Phi) is 4.77. The molecule has 0 spiro atoms. The monoisotopic (exact) mass is 502 g/mol. The summed E-state index contributed by atoms with van der Waals surface area (Å²) in [4.78, 5) is 43.0. The summed E-state index contributed by atoms with van der Waals surface area (Å²) in [7, 11) is 0. The fraction of sp³-hybridized carbons (Fsp3) is 0.348. The van der Waals surface area contributed by atoms with Crippen molar-refractivity contribution in [2.75, 3.05) is 18.1 Å². The van der Waals surface area contributed by atoms with Crippen LogP contribution in [0.15, 0.2) is 46.9 Å². The second kappa shape index (κ2) is 7.30. The topological polar surface area (TPSA) is 76.2 Å². The molecule has 9 heteroatoms. The van der Waals surface area contributed by atoms with Crippen LogP contribution in [0.4, 0.5) is 14.9 Å². The molecule has 0 saturated carbocycles. The summed E-state index contributed by atoms with van der Waals surface area (Å²) in [5.74, 6) is -2.53. The molecule has 2 fully saturated rings. The average molecular weight is 503 g/mol. The summed E-state index contributed by atoms with van der Waals surface area (Å²) in [6, 6.07) is 9.57. The van der Waals surface area contributed by atoms with Gasteiger partial charge in [-0.25, -0.2) is 14.1 Å². The van der Waals surface area contributed by atoms with Crippen LogP contribution in [0.1, 0.15) is 25.5 Å². The Bertz CT molecular complexity index is 1160. The van der Waals surface area contributed by atoms with Crippen LogP contribution in [0.25, 0.3) is 0 Å². The number of hydrogen-bond acceptors (Lipinski definition) is 5. The summed E-state index contributed by atoms with van der Waals surface area (Å²) in [5, 5.41) is 0. The van der Waals surface area contributed by atoms with Crippen LogP contribution in [0, 0.1) is 17.7 Å². The molecule has 2 aromatic carbocycles. The van der Waals surface area contributed by atoms with Gasteiger partial charge in [-0.2, -0.15) is 0 Å². The van der Waals surface area contributed by atoms with Crippen LogP contribution < -0.4 is 9.64 Å². The van der Waals surface area contributed by atoms with E-state index in [1.165, 1.54) is 23.1 Å². The highest BCUT2D eigenvalue weighted by atomic mass is 79.9. The summed E-state index contributed by atoms with van der Waals surface area (Å²) < 4.78 is 25.9. The van der Waals surface area contributed by atoms with Gasteiger partial charge in [-0.1, -0.05) is 22.0 Å². The van der Waals surface area contributed by atoms with E-state index in [1.54, 1.807) is 19.9 Å². The lowest BCUT2D eigenvalue weighted by atomic mass is 9.77. The van der Waals surface area contributed by atoms with Crippen LogP contribution in [-0.2, 0) is 14.3 Å². The second-order valence-electron chi connectivity index (χ2n) is 8.25. The second-order valence-corrected chi connectivity index (χ2v) is 9.17. The molecular weight excluding hydrogens is 483 g/mol. The van der Waals surface area contributed by atoms with Crippen molar-refractivity contribution >= 4 is 39.5 Å². The first-order valence-electron chi connectivity index (χ1n) is 10.3. The minimum atomic E-state index is -1.50. The van der Waals surface area contributed by atoms with Gasteiger partial charge in [0.1, 0.15) is 17.1 Å². The van der Waals surface area contributed by atoms with Crippen LogP contribution in [-0.4, -0.2) is 41.6 Å². The van der Waals surface area contributed by atoms with E-state index in [2.05, 4.69) is 15.9 Å². The molecule has 3 unspecified atom stereocenters. The molecule has 3 aliphatic heterocycles. The van der Waals surface area contributed by atoms with E-state index in [4.69, 9.17) is 9.47 Å². The van der Waals surface area contributed by atoms with E-state index >= 15 is 0 Å². The summed E-state index contributed by atoms with van der Waals surface area (Å²) in [6.07, 6.45) is 0. The highest BCUT2D eigenvalue weighted by Gasteiger charge is 2.72. The molecule has 0 N–H and O–H groups in total. The molecule has 32 heavy (non-hydrogen) atoms. The standard InChI is InChI=1S/C23H20BrFN2O5/c1-3-31-20(28)18-16-11-32-17-8-7-12(24)9-15(17)19(16)27-22(30)26(21(29)23(18,27)2)14-6-4-5-13(25)10-14/h4-10,16,18-19H,3,11H2,1-2H3/t16?,18?,19?,23-/m1/s1. The van der Waals surface area contributed by atoms with Gasteiger partial charge in [0.15, 0.2) is 0 Å². The van der Waals surface area contributed by atoms with E-state index in [0.717, 1.165) is 15.4 Å². The predicted octanol–water partition coefficient (Wildman–Crippen LogP) is 4.06. The van der Waals surface area contributed by atoms with Gasteiger partial charge in [0.05, 0.1) is 30.9 Å². The summed E-state index contributed by atoms with van der Waals surface area (Å²) in [5.41, 5.74) is -0.676. The number of imide groups is 1. The molecule has 5 rings (SSSR count). The highest BCUT2D eigenvalue weighted by Crippen LogP contribution is 2.58. The van der Waals surface area contributed by atoms with Gasteiger partial charge in [-0.05, 0) is 50.2 Å². The molecule has 4 atom stereocenters. The van der Waals surface area contributed by atoms with Crippen molar-refractivity contribution in [1.82, 2.24) is 4.90 Å².